The highest BCUT2D eigenvalue weighted by Gasteiger charge is 2.20. The van der Waals surface area contributed by atoms with E-state index < -0.39 is 22.6 Å². The summed E-state index contributed by atoms with van der Waals surface area (Å²) in [5.74, 6) is -0.270. The van der Waals surface area contributed by atoms with Crippen LogP contribution in [0, 0.1) is 0 Å². The van der Waals surface area contributed by atoms with Crippen LogP contribution in [0.5, 0.6) is 0 Å². The fraction of sp³-hybridized carbons (Fsp3) is 0.385. The molecule has 0 amide bonds. The largest absolute Gasteiger partial charge is 0.379 e. The molecule has 0 aliphatic heterocycles. The molecule has 1 aromatic heterocycles. The lowest BCUT2D eigenvalue weighted by atomic mass is 10.2. The molecule has 0 saturated carbocycles. The number of benzene rings is 1. The van der Waals surface area contributed by atoms with E-state index in [4.69, 9.17) is 5.11 Å². The lowest BCUT2D eigenvalue weighted by molar-refractivity contribution is -0.163. The third-order valence-electron chi connectivity index (χ3n) is 3.05. The van der Waals surface area contributed by atoms with Gasteiger partial charge < -0.3 is 10.3 Å². The first-order chi connectivity index (χ1) is 9.41. The van der Waals surface area contributed by atoms with Crippen molar-refractivity contribution in [2.24, 2.45) is 0 Å². The number of fused-ring (bicyclic) bond motifs is 1. The molecule has 0 spiro atoms. The van der Waals surface area contributed by atoms with Gasteiger partial charge in [-0.3, -0.25) is 0 Å². The Hall–Kier alpha value is -0.990. The minimum atomic E-state index is -3.35. The second-order valence-electron chi connectivity index (χ2n) is 4.78. The summed E-state index contributed by atoms with van der Waals surface area (Å²) < 4.78 is 25.3. The Kier molecular flexibility index (Phi) is 4.77. The Morgan fingerprint density at radius 1 is 1.35 bits per heavy atom. The van der Waals surface area contributed by atoms with E-state index >= 15 is 0 Å². The Bertz CT molecular complexity index is 680. The van der Waals surface area contributed by atoms with Crippen LogP contribution in [0.25, 0.3) is 10.1 Å². The molecule has 0 fully saturated rings. The lowest BCUT2D eigenvalue weighted by Crippen LogP contribution is -2.36. The minimum absolute atomic E-state index is 0.0671. The summed E-state index contributed by atoms with van der Waals surface area (Å²) in [6.07, 6.45) is 0. The number of thiophene rings is 1. The van der Waals surface area contributed by atoms with Gasteiger partial charge in [0.25, 0.3) is 0 Å². The molecule has 0 aliphatic rings. The quantitative estimate of drug-likeness (QED) is 0.628. The van der Waals surface area contributed by atoms with E-state index in [0.717, 1.165) is 15.6 Å². The zero-order chi connectivity index (χ0) is 14.8. The first-order valence-corrected chi connectivity index (χ1v) is 8.84. The van der Waals surface area contributed by atoms with Crippen molar-refractivity contribution in [1.82, 2.24) is 5.06 Å². The predicted molar refractivity (Wildman–Crippen MR) is 79.5 cm³/mol. The van der Waals surface area contributed by atoms with Gasteiger partial charge in [0.15, 0.2) is 9.84 Å². The highest BCUT2D eigenvalue weighted by atomic mass is 32.2. The van der Waals surface area contributed by atoms with Gasteiger partial charge in [0.2, 0.25) is 0 Å². The number of aliphatic hydroxyl groups is 1. The summed E-state index contributed by atoms with van der Waals surface area (Å²) in [7, 11) is -3.35. The molecule has 1 atom stereocenters. The molecule has 0 unspecified atom stereocenters. The molecule has 20 heavy (non-hydrogen) atoms. The van der Waals surface area contributed by atoms with Crippen LogP contribution >= 0.6 is 11.3 Å². The molecular formula is C13H17NO4S2. The molecule has 0 saturated heterocycles. The highest BCUT2D eigenvalue weighted by molar-refractivity contribution is 7.90. The average Bonchev–Trinajstić information content (AvgIpc) is 2.83. The van der Waals surface area contributed by atoms with Crippen molar-refractivity contribution < 1.29 is 18.7 Å². The van der Waals surface area contributed by atoms with Gasteiger partial charge in [-0.05, 0) is 41.5 Å². The normalized spacial score (nSPS) is 14.0. The lowest BCUT2D eigenvalue weighted by Gasteiger charge is -2.19. The second-order valence-corrected chi connectivity index (χ2v) is 7.83. The van der Waals surface area contributed by atoms with E-state index in [1.54, 1.807) is 18.3 Å². The van der Waals surface area contributed by atoms with Crippen molar-refractivity contribution in [3.8, 4) is 0 Å². The van der Waals surface area contributed by atoms with Crippen molar-refractivity contribution in [2.45, 2.75) is 18.7 Å². The molecule has 2 rings (SSSR count). The molecule has 110 valence electrons. The molecule has 2 aromatic rings. The van der Waals surface area contributed by atoms with Crippen molar-refractivity contribution in [2.75, 3.05) is 12.5 Å². The van der Waals surface area contributed by atoms with E-state index in [9.17, 15) is 13.6 Å². The van der Waals surface area contributed by atoms with Crippen molar-refractivity contribution in [3.63, 3.8) is 0 Å². The summed E-state index contributed by atoms with van der Waals surface area (Å²) in [4.78, 5) is 0. The molecule has 0 aliphatic carbocycles. The van der Waals surface area contributed by atoms with Gasteiger partial charge in [-0.25, -0.2) is 8.42 Å². The zero-order valence-electron chi connectivity index (χ0n) is 11.1. The van der Waals surface area contributed by atoms with E-state index in [0.29, 0.717) is 5.06 Å². The van der Waals surface area contributed by atoms with E-state index in [1.165, 1.54) is 0 Å². The third kappa shape index (κ3) is 3.77. The van der Waals surface area contributed by atoms with E-state index in [2.05, 4.69) is 0 Å². The first kappa shape index (κ1) is 15.4. The third-order valence-corrected chi connectivity index (χ3v) is 5.71. The SMILES string of the molecule is C[C@@H](CS(=O)(=O)Cc1ccc2sccc2c1)N(O)CO. The van der Waals surface area contributed by atoms with Crippen LogP contribution in [-0.2, 0) is 15.6 Å². The maximum absolute atomic E-state index is 12.1. The monoisotopic (exact) mass is 315 g/mol. The topological polar surface area (TPSA) is 77.8 Å². The Labute approximate surface area is 122 Å². The van der Waals surface area contributed by atoms with Gasteiger partial charge in [-0.1, -0.05) is 6.07 Å². The molecule has 1 heterocycles. The number of aliphatic hydroxyl groups excluding tert-OH is 1. The summed E-state index contributed by atoms with van der Waals surface area (Å²) in [6, 6.07) is 6.91. The van der Waals surface area contributed by atoms with E-state index in [1.807, 2.05) is 29.6 Å². The maximum Gasteiger partial charge on any atom is 0.156 e. The molecule has 1 aromatic carbocycles. The van der Waals surface area contributed by atoms with Crippen LogP contribution in [-0.4, -0.2) is 42.3 Å². The number of rotatable bonds is 6. The Morgan fingerprint density at radius 3 is 2.80 bits per heavy atom. The molecular weight excluding hydrogens is 298 g/mol. The molecule has 0 bridgehead atoms. The smallest absolute Gasteiger partial charge is 0.156 e. The van der Waals surface area contributed by atoms with Crippen molar-refractivity contribution >= 4 is 31.3 Å². The van der Waals surface area contributed by atoms with Crippen LogP contribution in [0.4, 0.5) is 0 Å². The number of hydrogen-bond donors (Lipinski definition) is 2. The fourth-order valence-electron chi connectivity index (χ4n) is 2.01. The standard InChI is InChI=1S/C13H17NO4S2/c1-10(14(16)9-15)7-20(17,18)8-11-2-3-13-12(6-11)4-5-19-13/h2-6,10,15-16H,7-9H2,1H3/t10-/m0/s1. The number of hydroxylamine groups is 2. The Morgan fingerprint density at radius 2 is 2.10 bits per heavy atom. The van der Waals surface area contributed by atoms with Gasteiger partial charge in [-0.15, -0.1) is 11.3 Å². The predicted octanol–water partition coefficient (Wildman–Crippen LogP) is 1.85. The number of hydrogen-bond acceptors (Lipinski definition) is 6. The fourth-order valence-corrected chi connectivity index (χ4v) is 4.49. The summed E-state index contributed by atoms with van der Waals surface area (Å²) in [5, 5.41) is 21.7. The van der Waals surface area contributed by atoms with Gasteiger partial charge in [0.05, 0.1) is 11.5 Å². The summed E-state index contributed by atoms with van der Waals surface area (Å²) >= 11 is 1.61. The van der Waals surface area contributed by atoms with Gasteiger partial charge >= 0.3 is 0 Å². The van der Waals surface area contributed by atoms with Crippen LogP contribution in [0.3, 0.4) is 0 Å². The van der Waals surface area contributed by atoms with E-state index in [-0.39, 0.29) is 11.5 Å². The molecule has 2 N–H and O–H groups in total. The van der Waals surface area contributed by atoms with Crippen LogP contribution in [0.1, 0.15) is 12.5 Å². The highest BCUT2D eigenvalue weighted by Crippen LogP contribution is 2.22. The summed E-state index contributed by atoms with van der Waals surface area (Å²) in [5.41, 5.74) is 0.733. The van der Waals surface area contributed by atoms with Crippen molar-refractivity contribution in [1.29, 1.82) is 0 Å². The molecule has 0 radical (unpaired) electrons. The number of sulfone groups is 1. The zero-order valence-corrected chi connectivity index (χ0v) is 12.7. The maximum atomic E-state index is 12.1. The Balaban J connectivity index is 2.11. The van der Waals surface area contributed by atoms with Crippen LogP contribution in [0.2, 0.25) is 0 Å². The second kappa shape index (κ2) is 6.19. The van der Waals surface area contributed by atoms with Crippen molar-refractivity contribution in [3.05, 3.63) is 35.2 Å². The molecule has 7 heteroatoms. The minimum Gasteiger partial charge on any atom is -0.379 e. The van der Waals surface area contributed by atoms with Gasteiger partial charge in [0.1, 0.15) is 6.73 Å². The van der Waals surface area contributed by atoms with Gasteiger partial charge in [-0.2, -0.15) is 5.06 Å². The number of nitrogens with zero attached hydrogens (tertiary/aromatic N) is 1. The molecule has 5 nitrogen and oxygen atoms in total. The first-order valence-electron chi connectivity index (χ1n) is 6.14. The summed E-state index contributed by atoms with van der Waals surface area (Å²) in [6.45, 7) is 0.966. The van der Waals surface area contributed by atoms with Crippen LogP contribution < -0.4 is 0 Å². The van der Waals surface area contributed by atoms with Crippen LogP contribution in [0.15, 0.2) is 29.6 Å². The average molecular weight is 315 g/mol. The van der Waals surface area contributed by atoms with Gasteiger partial charge in [0, 0.05) is 10.7 Å².